The average molecular weight is 416 g/mol. The Balaban J connectivity index is 1.38. The summed E-state index contributed by atoms with van der Waals surface area (Å²) >= 11 is 1.35. The van der Waals surface area contributed by atoms with Crippen molar-refractivity contribution in [2.75, 3.05) is 26.8 Å². The van der Waals surface area contributed by atoms with E-state index in [9.17, 15) is 9.59 Å². The molecule has 0 saturated carbocycles. The van der Waals surface area contributed by atoms with Gasteiger partial charge in [0, 0.05) is 36.5 Å². The molecule has 0 spiro atoms. The Morgan fingerprint density at radius 1 is 1.38 bits per heavy atom. The topological polar surface area (TPSA) is 80.8 Å². The number of carbonyl (C=O) groups excluding carboxylic acids is 2. The Hall–Kier alpha value is -2.61. The Bertz CT molecular complexity index is 900. The molecule has 4 rings (SSSR count). The largest absolute Gasteiger partial charge is 0.493 e. The number of rotatable bonds is 4. The van der Waals surface area contributed by atoms with Crippen molar-refractivity contribution < 1.29 is 19.1 Å². The first-order valence-corrected chi connectivity index (χ1v) is 10.7. The van der Waals surface area contributed by atoms with E-state index in [1.807, 2.05) is 30.0 Å². The standard InChI is InChI=1S/C21H25N3O4S/c1-13(16-12-28-17-8-4-3-7-15(16)17)23-21(26)24-9-5-6-14(11-24)19-22-10-18(29-19)20(25)27-2/h3-4,7-8,10,13-14,16H,5-6,9,11-12H2,1-2H3,(H,23,26). The monoisotopic (exact) mass is 415 g/mol. The van der Waals surface area contributed by atoms with Crippen LogP contribution in [-0.2, 0) is 4.74 Å². The van der Waals surface area contributed by atoms with Crippen molar-refractivity contribution in [3.63, 3.8) is 0 Å². The summed E-state index contributed by atoms with van der Waals surface area (Å²) < 4.78 is 10.5. The summed E-state index contributed by atoms with van der Waals surface area (Å²) in [7, 11) is 1.36. The van der Waals surface area contributed by atoms with E-state index in [-0.39, 0.29) is 29.9 Å². The fourth-order valence-electron chi connectivity index (χ4n) is 4.02. The molecule has 1 saturated heterocycles. The van der Waals surface area contributed by atoms with Crippen LogP contribution in [0.15, 0.2) is 30.5 Å². The van der Waals surface area contributed by atoms with E-state index in [0.717, 1.165) is 35.7 Å². The number of hydrogen-bond acceptors (Lipinski definition) is 6. The lowest BCUT2D eigenvalue weighted by Gasteiger charge is -2.33. The number of urea groups is 1. The molecular formula is C21H25N3O4S. The molecule has 154 valence electrons. The Kier molecular flexibility index (Phi) is 5.71. The molecular weight excluding hydrogens is 390 g/mol. The van der Waals surface area contributed by atoms with Gasteiger partial charge < -0.3 is 19.7 Å². The van der Waals surface area contributed by atoms with Gasteiger partial charge in [-0.3, -0.25) is 0 Å². The molecule has 2 aliphatic heterocycles. The van der Waals surface area contributed by atoms with Crippen molar-refractivity contribution in [3.05, 3.63) is 45.9 Å². The van der Waals surface area contributed by atoms with Gasteiger partial charge in [0.15, 0.2) is 0 Å². The van der Waals surface area contributed by atoms with Gasteiger partial charge in [-0.15, -0.1) is 11.3 Å². The van der Waals surface area contributed by atoms with Crippen LogP contribution in [0.3, 0.4) is 0 Å². The Labute approximate surface area is 174 Å². The summed E-state index contributed by atoms with van der Waals surface area (Å²) in [5.74, 6) is 0.829. The molecule has 0 radical (unpaired) electrons. The van der Waals surface area contributed by atoms with Gasteiger partial charge in [-0.25, -0.2) is 14.6 Å². The maximum Gasteiger partial charge on any atom is 0.349 e. The Morgan fingerprint density at radius 3 is 3.03 bits per heavy atom. The first-order valence-electron chi connectivity index (χ1n) is 9.88. The van der Waals surface area contributed by atoms with E-state index >= 15 is 0 Å². The summed E-state index contributed by atoms with van der Waals surface area (Å²) in [6.07, 6.45) is 3.43. The second-order valence-electron chi connectivity index (χ2n) is 7.53. The van der Waals surface area contributed by atoms with Crippen LogP contribution < -0.4 is 10.1 Å². The second-order valence-corrected chi connectivity index (χ2v) is 8.60. The third-order valence-electron chi connectivity index (χ3n) is 5.66. The van der Waals surface area contributed by atoms with Gasteiger partial charge in [-0.05, 0) is 25.8 Å². The number of carbonyl (C=O) groups is 2. The number of hydrogen-bond donors (Lipinski definition) is 1. The number of esters is 1. The quantitative estimate of drug-likeness (QED) is 0.775. The first kappa shape index (κ1) is 19.7. The van der Waals surface area contributed by atoms with Gasteiger partial charge in [-0.2, -0.15) is 0 Å². The van der Waals surface area contributed by atoms with Crippen LogP contribution in [-0.4, -0.2) is 54.7 Å². The van der Waals surface area contributed by atoms with Gasteiger partial charge in [0.2, 0.25) is 0 Å². The summed E-state index contributed by atoms with van der Waals surface area (Å²) in [6, 6.07) is 7.90. The fourth-order valence-corrected chi connectivity index (χ4v) is 4.98. The molecule has 1 fully saturated rings. The molecule has 3 atom stereocenters. The normalized spacial score (nSPS) is 21.8. The molecule has 1 N–H and O–H groups in total. The highest BCUT2D eigenvalue weighted by Crippen LogP contribution is 2.36. The average Bonchev–Trinajstić information content (AvgIpc) is 3.41. The fraction of sp³-hybridized carbons (Fsp3) is 0.476. The number of ether oxygens (including phenoxy) is 2. The number of para-hydroxylation sites is 1. The molecule has 2 amide bonds. The number of amides is 2. The van der Waals surface area contributed by atoms with Crippen molar-refractivity contribution in [2.45, 2.75) is 37.6 Å². The van der Waals surface area contributed by atoms with Crippen LogP contribution in [0.4, 0.5) is 4.79 Å². The highest BCUT2D eigenvalue weighted by atomic mass is 32.1. The van der Waals surface area contributed by atoms with Crippen molar-refractivity contribution in [2.24, 2.45) is 0 Å². The molecule has 3 heterocycles. The number of aromatic nitrogens is 1. The minimum absolute atomic E-state index is 0.0303. The van der Waals surface area contributed by atoms with Crippen molar-refractivity contribution in [3.8, 4) is 5.75 Å². The molecule has 2 aromatic rings. The smallest absolute Gasteiger partial charge is 0.349 e. The molecule has 0 aliphatic carbocycles. The number of piperidine rings is 1. The molecule has 2 aliphatic rings. The summed E-state index contributed by atoms with van der Waals surface area (Å²) in [5.41, 5.74) is 1.15. The van der Waals surface area contributed by atoms with E-state index < -0.39 is 0 Å². The van der Waals surface area contributed by atoms with Crippen LogP contribution in [0.2, 0.25) is 0 Å². The molecule has 0 bridgehead atoms. The minimum Gasteiger partial charge on any atom is -0.493 e. The molecule has 29 heavy (non-hydrogen) atoms. The lowest BCUT2D eigenvalue weighted by molar-refractivity contribution is 0.0606. The number of thiazole rings is 1. The number of fused-ring (bicyclic) bond motifs is 1. The predicted molar refractivity (Wildman–Crippen MR) is 110 cm³/mol. The van der Waals surface area contributed by atoms with E-state index in [0.29, 0.717) is 18.0 Å². The third-order valence-corrected chi connectivity index (χ3v) is 6.80. The summed E-state index contributed by atoms with van der Waals surface area (Å²) in [5, 5.41) is 4.04. The van der Waals surface area contributed by atoms with Crippen LogP contribution >= 0.6 is 11.3 Å². The summed E-state index contributed by atoms with van der Waals surface area (Å²) in [4.78, 5) is 31.3. The second kappa shape index (κ2) is 8.41. The highest BCUT2D eigenvalue weighted by molar-refractivity contribution is 7.13. The van der Waals surface area contributed by atoms with Crippen molar-refractivity contribution >= 4 is 23.3 Å². The maximum absolute atomic E-state index is 12.9. The van der Waals surface area contributed by atoms with Crippen LogP contribution in [0.1, 0.15) is 51.8 Å². The number of likely N-dealkylation sites (tertiary alicyclic amines) is 1. The molecule has 1 aromatic heterocycles. The van der Waals surface area contributed by atoms with E-state index in [2.05, 4.69) is 16.4 Å². The number of nitrogens with zero attached hydrogens (tertiary/aromatic N) is 2. The van der Waals surface area contributed by atoms with Gasteiger partial charge in [0.05, 0.1) is 24.9 Å². The maximum atomic E-state index is 12.9. The molecule has 3 unspecified atom stereocenters. The van der Waals surface area contributed by atoms with Crippen LogP contribution in [0.5, 0.6) is 5.75 Å². The number of nitrogens with one attached hydrogen (secondary N) is 1. The highest BCUT2D eigenvalue weighted by Gasteiger charge is 2.32. The van der Waals surface area contributed by atoms with E-state index in [1.54, 1.807) is 6.20 Å². The molecule has 8 heteroatoms. The van der Waals surface area contributed by atoms with Crippen molar-refractivity contribution in [1.82, 2.24) is 15.2 Å². The minimum atomic E-state index is -0.368. The van der Waals surface area contributed by atoms with E-state index in [4.69, 9.17) is 9.47 Å². The predicted octanol–water partition coefficient (Wildman–Crippen LogP) is 3.38. The van der Waals surface area contributed by atoms with Crippen LogP contribution in [0, 0.1) is 0 Å². The molecule has 1 aromatic carbocycles. The van der Waals surface area contributed by atoms with Gasteiger partial charge in [-0.1, -0.05) is 18.2 Å². The Morgan fingerprint density at radius 2 is 2.21 bits per heavy atom. The van der Waals surface area contributed by atoms with Crippen molar-refractivity contribution in [1.29, 1.82) is 0 Å². The van der Waals surface area contributed by atoms with Gasteiger partial charge in [0.25, 0.3) is 0 Å². The van der Waals surface area contributed by atoms with E-state index in [1.165, 1.54) is 18.4 Å². The molecule has 7 nitrogen and oxygen atoms in total. The zero-order valence-electron chi connectivity index (χ0n) is 16.6. The lowest BCUT2D eigenvalue weighted by atomic mass is 9.94. The zero-order valence-corrected chi connectivity index (χ0v) is 17.4. The summed E-state index contributed by atoms with van der Waals surface area (Å²) in [6.45, 7) is 3.93. The zero-order chi connectivity index (χ0) is 20.4. The van der Waals surface area contributed by atoms with Gasteiger partial charge >= 0.3 is 12.0 Å². The third kappa shape index (κ3) is 4.07. The lowest BCUT2D eigenvalue weighted by Crippen LogP contribution is -2.49. The van der Waals surface area contributed by atoms with Crippen LogP contribution in [0.25, 0.3) is 0 Å². The first-order chi connectivity index (χ1) is 14.1. The SMILES string of the molecule is COC(=O)c1cnc(C2CCCN(C(=O)NC(C)C3COc4ccccc43)C2)s1. The number of benzene rings is 1. The van der Waals surface area contributed by atoms with Gasteiger partial charge in [0.1, 0.15) is 10.6 Å². The number of methoxy groups -OCH3 is 1.